The van der Waals surface area contributed by atoms with Gasteiger partial charge < -0.3 is 4.42 Å². The zero-order chi connectivity index (χ0) is 37.8. The van der Waals surface area contributed by atoms with Crippen molar-refractivity contribution >= 4 is 105 Å². The zero-order valence-corrected chi connectivity index (χ0v) is 31.7. The number of aromatic nitrogens is 2. The average molecular weight is 745 g/mol. The van der Waals surface area contributed by atoms with E-state index in [-0.39, 0.29) is 0 Å². The van der Waals surface area contributed by atoms with Crippen molar-refractivity contribution in [2.75, 3.05) is 0 Å². The second-order valence-electron chi connectivity index (χ2n) is 14.8. The predicted octanol–water partition coefficient (Wildman–Crippen LogP) is 15.1. The minimum Gasteiger partial charge on any atom is -0.456 e. The minimum atomic E-state index is 0.712. The Kier molecular flexibility index (Phi) is 6.87. The molecule has 0 saturated heterocycles. The van der Waals surface area contributed by atoms with Gasteiger partial charge in [0, 0.05) is 38.8 Å². The Morgan fingerprint density at radius 1 is 0.544 bits per heavy atom. The van der Waals surface area contributed by atoms with E-state index in [9.17, 15) is 0 Å². The molecule has 0 atom stereocenters. The summed E-state index contributed by atoms with van der Waals surface area (Å²) in [4.78, 5) is 12.0. The molecule has 1 aliphatic carbocycles. The maximum Gasteiger partial charge on any atom is 0.160 e. The van der Waals surface area contributed by atoms with E-state index < -0.39 is 0 Å². The molecule has 0 bridgehead atoms. The molecule has 8 aromatic carbocycles. The van der Waals surface area contributed by atoms with Gasteiger partial charge in [-0.3, -0.25) is 0 Å². The van der Waals surface area contributed by atoms with Crippen LogP contribution in [0.1, 0.15) is 21.6 Å². The first kappa shape index (κ1) is 32.1. The molecule has 1 aliphatic rings. The van der Waals surface area contributed by atoms with Crippen molar-refractivity contribution in [3.8, 4) is 33.8 Å². The fraction of sp³-hybridized carbons (Fsp3) is 0.0189. The predicted molar refractivity (Wildman–Crippen MR) is 244 cm³/mol. The average Bonchev–Trinajstić information content (AvgIpc) is 3.74. The summed E-state index contributed by atoms with van der Waals surface area (Å²) in [6.07, 6.45) is 13.5. The normalized spacial score (nSPS) is 12.8. The summed E-state index contributed by atoms with van der Waals surface area (Å²) in [6.45, 7) is 8.52. The molecular weight excluding hydrogens is 713 g/mol. The van der Waals surface area contributed by atoms with Crippen molar-refractivity contribution < 1.29 is 4.42 Å². The highest BCUT2D eigenvalue weighted by Gasteiger charge is 2.21. The van der Waals surface area contributed by atoms with Gasteiger partial charge in [0.2, 0.25) is 0 Å². The molecule has 0 aliphatic heterocycles. The highest BCUT2D eigenvalue weighted by atomic mass is 32.1. The van der Waals surface area contributed by atoms with Crippen LogP contribution in [0.5, 0.6) is 0 Å². The Labute approximate surface area is 332 Å². The number of allylic oxidation sites excluding steroid dienone is 3. The van der Waals surface area contributed by atoms with Gasteiger partial charge in [0.1, 0.15) is 11.2 Å². The third kappa shape index (κ3) is 4.65. The summed E-state index contributed by atoms with van der Waals surface area (Å²) < 4.78 is 7.44. The Hall–Kier alpha value is -7.14. The molecule has 0 saturated carbocycles. The zero-order valence-electron chi connectivity index (χ0n) is 30.8. The third-order valence-electron chi connectivity index (χ3n) is 11.8. The maximum atomic E-state index is 6.32. The van der Waals surface area contributed by atoms with Gasteiger partial charge in [-0.2, -0.15) is 0 Å². The van der Waals surface area contributed by atoms with Crippen molar-refractivity contribution in [2.45, 2.75) is 6.42 Å². The van der Waals surface area contributed by atoms with Crippen LogP contribution in [0.2, 0.25) is 0 Å². The number of furan rings is 1. The van der Waals surface area contributed by atoms with Gasteiger partial charge in [-0.1, -0.05) is 141 Å². The van der Waals surface area contributed by atoms with E-state index in [2.05, 4.69) is 159 Å². The van der Waals surface area contributed by atoms with E-state index in [1.54, 1.807) is 11.3 Å². The van der Waals surface area contributed by atoms with Crippen molar-refractivity contribution in [1.29, 1.82) is 0 Å². The van der Waals surface area contributed by atoms with Gasteiger partial charge in [-0.15, -0.1) is 11.3 Å². The summed E-state index contributed by atoms with van der Waals surface area (Å²) in [5.41, 5.74) is 11.5. The monoisotopic (exact) mass is 744 g/mol. The number of fused-ring (bicyclic) bond motifs is 9. The summed E-state index contributed by atoms with van der Waals surface area (Å²) in [6, 6.07) is 43.6. The van der Waals surface area contributed by atoms with E-state index in [0.717, 1.165) is 88.4 Å². The molecule has 12 rings (SSSR count). The number of hydrogen-bond donors (Lipinski definition) is 0. The van der Waals surface area contributed by atoms with Crippen molar-refractivity contribution in [3.05, 3.63) is 174 Å². The third-order valence-corrected chi connectivity index (χ3v) is 13.1. The Balaban J connectivity index is 1.10. The van der Waals surface area contributed by atoms with Crippen LogP contribution in [0, 0.1) is 0 Å². The molecule has 3 heterocycles. The van der Waals surface area contributed by atoms with E-state index in [0.29, 0.717) is 5.82 Å². The quantitative estimate of drug-likeness (QED) is 0.165. The Bertz CT molecular complexity index is 3580. The second kappa shape index (κ2) is 12.2. The van der Waals surface area contributed by atoms with Crippen LogP contribution in [0.15, 0.2) is 157 Å². The topological polar surface area (TPSA) is 38.9 Å². The highest BCUT2D eigenvalue weighted by molar-refractivity contribution is 7.19. The van der Waals surface area contributed by atoms with Crippen LogP contribution in [0.4, 0.5) is 0 Å². The molecular formula is C53H32N2OS. The first-order valence-corrected chi connectivity index (χ1v) is 20.1. The summed E-state index contributed by atoms with van der Waals surface area (Å²) in [5.74, 6) is 0.712. The van der Waals surface area contributed by atoms with Crippen molar-refractivity contribution in [2.24, 2.45) is 0 Å². The number of thiophene rings is 1. The fourth-order valence-electron chi connectivity index (χ4n) is 9.24. The van der Waals surface area contributed by atoms with E-state index in [1.165, 1.54) is 42.8 Å². The largest absolute Gasteiger partial charge is 0.456 e. The van der Waals surface area contributed by atoms with Crippen LogP contribution in [0.25, 0.3) is 127 Å². The lowest BCUT2D eigenvalue weighted by molar-refractivity contribution is 0.669. The second-order valence-corrected chi connectivity index (χ2v) is 16.0. The summed E-state index contributed by atoms with van der Waals surface area (Å²) in [5, 5.41) is 11.8. The smallest absolute Gasteiger partial charge is 0.160 e. The SMILES string of the molecule is C=Cc1c(C=C)c2ccc(-c3nc(-c4ccccc4)c4sc5c(c4n3)C=CC=CC5)cc2c2cc(-c3ccc4c(c3)c3cccc5oc6cccc4c6c53)ccc12. The molecule has 0 fully saturated rings. The van der Waals surface area contributed by atoms with Gasteiger partial charge in [-0.25, -0.2) is 9.97 Å². The van der Waals surface area contributed by atoms with Gasteiger partial charge in [-0.05, 0) is 95.7 Å². The van der Waals surface area contributed by atoms with Gasteiger partial charge in [0.15, 0.2) is 5.82 Å². The van der Waals surface area contributed by atoms with E-state index >= 15 is 0 Å². The molecule has 4 heteroatoms. The van der Waals surface area contributed by atoms with Crippen LogP contribution >= 0.6 is 11.3 Å². The fourth-order valence-corrected chi connectivity index (χ4v) is 10.5. The molecule has 0 amide bonds. The Morgan fingerprint density at radius 3 is 1.84 bits per heavy atom. The van der Waals surface area contributed by atoms with E-state index in [1.807, 2.05) is 12.2 Å². The first-order chi connectivity index (χ1) is 28.2. The van der Waals surface area contributed by atoms with Crippen LogP contribution < -0.4 is 0 Å². The number of hydrogen-bond acceptors (Lipinski definition) is 4. The number of benzene rings is 8. The number of nitrogens with zero attached hydrogens (tertiary/aromatic N) is 2. The minimum absolute atomic E-state index is 0.712. The molecule has 0 spiro atoms. The lowest BCUT2D eigenvalue weighted by atomic mass is 9.88. The Morgan fingerprint density at radius 2 is 1.16 bits per heavy atom. The lowest BCUT2D eigenvalue weighted by Crippen LogP contribution is -1.95. The standard InChI is InChI=1S/C53H32N2OS/c1-3-34-35(4-2)37-26-23-33(53-54-50(30-13-7-5-8-14-30)52-51(55-53)41-15-9-6-10-20-47(41)57-52)29-44(37)43-28-32(21-24-36(34)43)31-22-25-38-39-16-11-18-45-48(39)49-40(42(38)27-31)17-12-19-46(49)56-45/h3-19,21-29H,1-2,20H2. The molecule has 11 aromatic rings. The molecule has 3 nitrogen and oxygen atoms in total. The maximum absolute atomic E-state index is 6.32. The van der Waals surface area contributed by atoms with E-state index in [4.69, 9.17) is 14.4 Å². The van der Waals surface area contributed by atoms with Crippen molar-refractivity contribution in [1.82, 2.24) is 9.97 Å². The molecule has 266 valence electrons. The molecule has 0 radical (unpaired) electrons. The van der Waals surface area contributed by atoms with Crippen LogP contribution in [-0.2, 0) is 6.42 Å². The van der Waals surface area contributed by atoms with Gasteiger partial charge in [0.05, 0.1) is 15.9 Å². The molecule has 0 unspecified atom stereocenters. The summed E-state index contributed by atoms with van der Waals surface area (Å²) >= 11 is 1.80. The van der Waals surface area contributed by atoms with Crippen LogP contribution in [0.3, 0.4) is 0 Å². The van der Waals surface area contributed by atoms with Crippen LogP contribution in [-0.4, -0.2) is 9.97 Å². The van der Waals surface area contributed by atoms with Crippen molar-refractivity contribution in [3.63, 3.8) is 0 Å². The lowest BCUT2D eigenvalue weighted by Gasteiger charge is -2.16. The van der Waals surface area contributed by atoms with Gasteiger partial charge >= 0.3 is 0 Å². The summed E-state index contributed by atoms with van der Waals surface area (Å²) in [7, 11) is 0. The molecule has 0 N–H and O–H groups in total. The highest BCUT2D eigenvalue weighted by Crippen LogP contribution is 2.45. The molecule has 3 aromatic heterocycles. The van der Waals surface area contributed by atoms with Gasteiger partial charge in [0.25, 0.3) is 0 Å². The molecule has 57 heavy (non-hydrogen) atoms. The number of rotatable bonds is 5. The first-order valence-electron chi connectivity index (χ1n) is 19.3.